The zero-order valence-electron chi connectivity index (χ0n) is 17.1. The molecule has 166 valence electrons. The van der Waals surface area contributed by atoms with Crippen LogP contribution in [0.25, 0.3) is 0 Å². The molecule has 1 amide bonds. The maximum Gasteiger partial charge on any atom is 0.255 e. The Hall–Kier alpha value is -2.82. The first-order chi connectivity index (χ1) is 15.0. The number of benzene rings is 2. The van der Waals surface area contributed by atoms with Crippen LogP contribution in [0, 0.1) is 0 Å². The second kappa shape index (κ2) is 9.13. The summed E-state index contributed by atoms with van der Waals surface area (Å²) in [5.41, 5.74) is 0.714. The number of rotatable bonds is 6. The normalized spacial score (nSPS) is 16.5. The maximum atomic E-state index is 13.2. The van der Waals surface area contributed by atoms with Crippen LogP contribution in [0.5, 0.6) is 17.2 Å². The maximum absolute atomic E-state index is 13.2. The summed E-state index contributed by atoms with van der Waals surface area (Å²) >= 11 is 0. The highest BCUT2D eigenvalue weighted by molar-refractivity contribution is 7.89. The minimum absolute atomic E-state index is 0.0104. The molecule has 0 saturated carbocycles. The number of sulfonamides is 1. The number of hydrogen-bond donors (Lipinski definition) is 1. The Morgan fingerprint density at radius 3 is 2.52 bits per heavy atom. The van der Waals surface area contributed by atoms with Gasteiger partial charge in [0.15, 0.2) is 11.5 Å². The summed E-state index contributed by atoms with van der Waals surface area (Å²) in [5, 5.41) is 2.75. The molecule has 0 unspecified atom stereocenters. The van der Waals surface area contributed by atoms with E-state index in [0.29, 0.717) is 55.8 Å². The van der Waals surface area contributed by atoms with Gasteiger partial charge in [-0.15, -0.1) is 0 Å². The zero-order chi connectivity index (χ0) is 21.8. The summed E-state index contributed by atoms with van der Waals surface area (Å²) in [6, 6.07) is 9.49. The molecule has 31 heavy (non-hydrogen) atoms. The standard InChI is InChI=1S/C21H24N2O7S/c1-2-28-18-6-4-16(14-20(18)31(25,26)23-7-9-27-10-8-23)22-21(24)15-3-5-17-19(13-15)30-12-11-29-17/h3-6,13-14H,2,7-12H2,1H3,(H,22,24). The number of nitrogens with one attached hydrogen (secondary N) is 1. The fourth-order valence-electron chi connectivity index (χ4n) is 3.38. The van der Waals surface area contributed by atoms with E-state index in [2.05, 4.69) is 5.32 Å². The predicted molar refractivity (Wildman–Crippen MR) is 113 cm³/mol. The number of carbonyl (C=O) groups excluding carboxylic acids is 1. The van der Waals surface area contributed by atoms with Gasteiger partial charge in [-0.1, -0.05) is 0 Å². The van der Waals surface area contributed by atoms with Crippen LogP contribution in [-0.2, 0) is 14.8 Å². The Morgan fingerprint density at radius 2 is 1.77 bits per heavy atom. The number of carbonyl (C=O) groups is 1. The minimum atomic E-state index is -3.81. The van der Waals surface area contributed by atoms with Crippen LogP contribution >= 0.6 is 0 Å². The van der Waals surface area contributed by atoms with Crippen LogP contribution in [0.1, 0.15) is 17.3 Å². The summed E-state index contributed by atoms with van der Waals surface area (Å²) in [7, 11) is -3.81. The number of nitrogens with zero attached hydrogens (tertiary/aromatic N) is 1. The van der Waals surface area contributed by atoms with Crippen LogP contribution in [0.4, 0.5) is 5.69 Å². The molecular weight excluding hydrogens is 424 g/mol. The summed E-state index contributed by atoms with van der Waals surface area (Å²) in [5.74, 6) is 0.936. The van der Waals surface area contributed by atoms with Crippen LogP contribution < -0.4 is 19.5 Å². The van der Waals surface area contributed by atoms with Crippen molar-refractivity contribution in [3.05, 3.63) is 42.0 Å². The number of ether oxygens (including phenoxy) is 4. The number of anilines is 1. The van der Waals surface area contributed by atoms with Crippen LogP contribution in [0.2, 0.25) is 0 Å². The molecule has 0 atom stereocenters. The van der Waals surface area contributed by atoms with Gasteiger partial charge in [-0.05, 0) is 43.3 Å². The first-order valence-electron chi connectivity index (χ1n) is 10.0. The number of amides is 1. The van der Waals surface area contributed by atoms with Gasteiger partial charge in [0.05, 0.1) is 19.8 Å². The van der Waals surface area contributed by atoms with E-state index in [1.54, 1.807) is 37.3 Å². The van der Waals surface area contributed by atoms with Gasteiger partial charge < -0.3 is 24.3 Å². The molecule has 1 saturated heterocycles. The van der Waals surface area contributed by atoms with E-state index in [-0.39, 0.29) is 23.7 Å². The van der Waals surface area contributed by atoms with Gasteiger partial charge in [-0.2, -0.15) is 4.31 Å². The van der Waals surface area contributed by atoms with E-state index in [0.717, 1.165) is 0 Å². The van der Waals surface area contributed by atoms with Gasteiger partial charge in [0.25, 0.3) is 5.91 Å². The molecule has 0 aromatic heterocycles. The van der Waals surface area contributed by atoms with Gasteiger partial charge in [0.1, 0.15) is 23.9 Å². The van der Waals surface area contributed by atoms with Crippen molar-refractivity contribution in [2.75, 3.05) is 51.4 Å². The second-order valence-electron chi connectivity index (χ2n) is 6.92. The summed E-state index contributed by atoms with van der Waals surface area (Å²) < 4.78 is 49.6. The van der Waals surface area contributed by atoms with Crippen LogP contribution in [-0.4, -0.2) is 64.8 Å². The third kappa shape index (κ3) is 4.60. The Labute approximate surface area is 180 Å². The molecule has 2 aliphatic heterocycles. The Bertz CT molecular complexity index is 1070. The summed E-state index contributed by atoms with van der Waals surface area (Å²) in [4.78, 5) is 12.8. The van der Waals surface area contributed by atoms with E-state index in [4.69, 9.17) is 18.9 Å². The first kappa shape index (κ1) is 21.4. The van der Waals surface area contributed by atoms with Crippen molar-refractivity contribution in [2.24, 2.45) is 0 Å². The van der Waals surface area contributed by atoms with E-state index in [1.165, 1.54) is 10.4 Å². The quantitative estimate of drug-likeness (QED) is 0.722. The second-order valence-corrected chi connectivity index (χ2v) is 8.83. The zero-order valence-corrected chi connectivity index (χ0v) is 17.9. The van der Waals surface area contributed by atoms with Crippen molar-refractivity contribution >= 4 is 21.6 Å². The molecular formula is C21H24N2O7S. The van der Waals surface area contributed by atoms with Crippen molar-refractivity contribution in [1.29, 1.82) is 0 Å². The molecule has 9 nitrogen and oxygen atoms in total. The molecule has 4 rings (SSSR count). The SMILES string of the molecule is CCOc1ccc(NC(=O)c2ccc3c(c2)OCCO3)cc1S(=O)(=O)N1CCOCC1. The van der Waals surface area contributed by atoms with Crippen molar-refractivity contribution in [3.63, 3.8) is 0 Å². The fourth-order valence-corrected chi connectivity index (χ4v) is 4.94. The lowest BCUT2D eigenvalue weighted by Gasteiger charge is -2.27. The van der Waals surface area contributed by atoms with Crippen molar-refractivity contribution < 1.29 is 32.2 Å². The molecule has 0 spiro atoms. The molecule has 0 aliphatic carbocycles. The molecule has 2 heterocycles. The third-order valence-electron chi connectivity index (χ3n) is 4.89. The van der Waals surface area contributed by atoms with E-state index in [9.17, 15) is 13.2 Å². The molecule has 2 aromatic carbocycles. The van der Waals surface area contributed by atoms with Crippen LogP contribution in [0.3, 0.4) is 0 Å². The average molecular weight is 448 g/mol. The van der Waals surface area contributed by atoms with Gasteiger partial charge in [-0.3, -0.25) is 4.79 Å². The topological polar surface area (TPSA) is 103 Å². The lowest BCUT2D eigenvalue weighted by molar-refractivity contribution is 0.0729. The highest BCUT2D eigenvalue weighted by atomic mass is 32.2. The minimum Gasteiger partial charge on any atom is -0.492 e. The molecule has 1 fully saturated rings. The molecule has 1 N–H and O–H groups in total. The Kier molecular flexibility index (Phi) is 6.30. The smallest absolute Gasteiger partial charge is 0.255 e. The average Bonchev–Trinajstić information content (AvgIpc) is 2.80. The Morgan fingerprint density at radius 1 is 1.03 bits per heavy atom. The highest BCUT2D eigenvalue weighted by Gasteiger charge is 2.30. The van der Waals surface area contributed by atoms with Crippen molar-refractivity contribution in [2.45, 2.75) is 11.8 Å². The molecule has 0 radical (unpaired) electrons. The van der Waals surface area contributed by atoms with Crippen LogP contribution in [0.15, 0.2) is 41.3 Å². The summed E-state index contributed by atoms with van der Waals surface area (Å²) in [6.07, 6.45) is 0. The van der Waals surface area contributed by atoms with Gasteiger partial charge in [0.2, 0.25) is 10.0 Å². The number of fused-ring (bicyclic) bond motifs is 1. The predicted octanol–water partition coefficient (Wildman–Crippen LogP) is 2.13. The van der Waals surface area contributed by atoms with E-state index in [1.807, 2.05) is 0 Å². The lowest BCUT2D eigenvalue weighted by Crippen LogP contribution is -2.40. The number of hydrogen-bond acceptors (Lipinski definition) is 7. The van der Waals surface area contributed by atoms with E-state index < -0.39 is 15.9 Å². The lowest BCUT2D eigenvalue weighted by atomic mass is 10.1. The van der Waals surface area contributed by atoms with Crippen molar-refractivity contribution in [3.8, 4) is 17.2 Å². The molecule has 2 aliphatic rings. The van der Waals surface area contributed by atoms with E-state index >= 15 is 0 Å². The largest absolute Gasteiger partial charge is 0.492 e. The summed E-state index contributed by atoms with van der Waals surface area (Å²) in [6.45, 7) is 4.18. The van der Waals surface area contributed by atoms with Gasteiger partial charge in [-0.25, -0.2) is 8.42 Å². The fraction of sp³-hybridized carbons (Fsp3) is 0.381. The Balaban J connectivity index is 1.60. The molecule has 0 bridgehead atoms. The van der Waals surface area contributed by atoms with Crippen molar-refractivity contribution in [1.82, 2.24) is 4.31 Å². The van der Waals surface area contributed by atoms with Gasteiger partial charge >= 0.3 is 0 Å². The molecule has 10 heteroatoms. The highest BCUT2D eigenvalue weighted by Crippen LogP contribution is 2.32. The molecule has 2 aromatic rings. The number of morpholine rings is 1. The van der Waals surface area contributed by atoms with Gasteiger partial charge in [0, 0.05) is 24.3 Å². The third-order valence-corrected chi connectivity index (χ3v) is 6.81. The monoisotopic (exact) mass is 448 g/mol. The first-order valence-corrected chi connectivity index (χ1v) is 11.5.